The maximum Gasteiger partial charge on any atom is 0.135 e. The van der Waals surface area contributed by atoms with Gasteiger partial charge >= 0.3 is 0 Å². The Morgan fingerprint density at radius 2 is 1.84 bits per heavy atom. The SMILES string of the molecule is C#CCn1c(NC(C)(C)C)ccc1N(O)C(C)(C)C. The molecular formula is C15H25N3O. The molecule has 0 radical (unpaired) electrons. The minimum atomic E-state index is -0.385. The Labute approximate surface area is 116 Å². The van der Waals surface area contributed by atoms with Crippen LogP contribution in [0.15, 0.2) is 12.1 Å². The third kappa shape index (κ3) is 3.93. The van der Waals surface area contributed by atoms with Crippen molar-refractivity contribution in [1.82, 2.24) is 4.57 Å². The maximum atomic E-state index is 10.3. The lowest BCUT2D eigenvalue weighted by Gasteiger charge is -2.32. The Bertz CT molecular complexity index is 469. The summed E-state index contributed by atoms with van der Waals surface area (Å²) in [5.41, 5.74) is -0.451. The number of rotatable bonds is 3. The molecule has 4 heteroatoms. The summed E-state index contributed by atoms with van der Waals surface area (Å²) in [6.07, 6.45) is 5.43. The lowest BCUT2D eigenvalue weighted by molar-refractivity contribution is 0.175. The molecule has 0 amide bonds. The number of nitrogens with one attached hydrogen (secondary N) is 1. The number of hydrogen-bond donors (Lipinski definition) is 2. The van der Waals surface area contributed by atoms with Gasteiger partial charge < -0.3 is 9.88 Å². The van der Waals surface area contributed by atoms with Gasteiger partial charge in [0, 0.05) is 5.54 Å². The van der Waals surface area contributed by atoms with E-state index < -0.39 is 0 Å². The largest absolute Gasteiger partial charge is 0.367 e. The second-order valence-corrected chi connectivity index (χ2v) is 6.72. The Morgan fingerprint density at radius 3 is 2.26 bits per heavy atom. The molecule has 2 N–H and O–H groups in total. The van der Waals surface area contributed by atoms with Gasteiger partial charge in [-0.25, -0.2) is 5.06 Å². The molecule has 4 nitrogen and oxygen atoms in total. The highest BCUT2D eigenvalue weighted by atomic mass is 16.5. The van der Waals surface area contributed by atoms with Crippen LogP contribution in [0.1, 0.15) is 41.5 Å². The fourth-order valence-electron chi connectivity index (χ4n) is 1.74. The second kappa shape index (κ2) is 5.18. The number of anilines is 2. The van der Waals surface area contributed by atoms with Crippen molar-refractivity contribution >= 4 is 11.6 Å². The molecule has 0 saturated heterocycles. The van der Waals surface area contributed by atoms with Gasteiger partial charge in [0.05, 0.1) is 12.1 Å². The summed E-state index contributed by atoms with van der Waals surface area (Å²) in [5.74, 6) is 4.23. The van der Waals surface area contributed by atoms with Gasteiger partial charge in [0.1, 0.15) is 11.6 Å². The normalized spacial score (nSPS) is 12.1. The summed E-state index contributed by atoms with van der Waals surface area (Å²) in [6.45, 7) is 12.5. The van der Waals surface area contributed by atoms with Crippen molar-refractivity contribution in [3.63, 3.8) is 0 Å². The van der Waals surface area contributed by atoms with Gasteiger partial charge in [-0.2, -0.15) is 0 Å². The first kappa shape index (κ1) is 15.5. The Balaban J connectivity index is 3.18. The minimum Gasteiger partial charge on any atom is -0.367 e. The number of aromatic nitrogens is 1. The molecule has 0 spiro atoms. The summed E-state index contributed by atoms with van der Waals surface area (Å²) in [5, 5.41) is 14.9. The van der Waals surface area contributed by atoms with E-state index in [-0.39, 0.29) is 11.1 Å². The van der Waals surface area contributed by atoms with E-state index in [9.17, 15) is 5.21 Å². The van der Waals surface area contributed by atoms with Gasteiger partial charge in [0.15, 0.2) is 0 Å². The van der Waals surface area contributed by atoms with Crippen LogP contribution in [-0.2, 0) is 6.54 Å². The molecule has 1 heterocycles. The summed E-state index contributed by atoms with van der Waals surface area (Å²) in [6, 6.07) is 3.81. The fourth-order valence-corrected chi connectivity index (χ4v) is 1.74. The summed E-state index contributed by atoms with van der Waals surface area (Å²) < 4.78 is 1.90. The average molecular weight is 263 g/mol. The molecule has 19 heavy (non-hydrogen) atoms. The molecule has 0 fully saturated rings. The molecule has 1 aromatic heterocycles. The smallest absolute Gasteiger partial charge is 0.135 e. The van der Waals surface area contributed by atoms with E-state index in [0.717, 1.165) is 5.82 Å². The zero-order valence-electron chi connectivity index (χ0n) is 12.8. The molecule has 0 atom stereocenters. The fraction of sp³-hybridized carbons (Fsp3) is 0.600. The standard InChI is InChI=1S/C15H25N3O/c1-8-11-17-12(16-14(2,3)4)9-10-13(17)18(19)15(5,6)7/h1,9-10,16,19H,11H2,2-7H3. The first-order chi connectivity index (χ1) is 8.56. The van der Waals surface area contributed by atoms with Crippen LogP contribution in [0.5, 0.6) is 0 Å². The zero-order valence-corrected chi connectivity index (χ0v) is 12.8. The van der Waals surface area contributed by atoms with Crippen molar-refractivity contribution in [3.05, 3.63) is 12.1 Å². The molecule has 0 aromatic carbocycles. The van der Waals surface area contributed by atoms with Crippen LogP contribution in [-0.4, -0.2) is 20.9 Å². The summed E-state index contributed by atoms with van der Waals surface area (Å²) in [4.78, 5) is 0. The number of nitrogens with zero attached hydrogens (tertiary/aromatic N) is 2. The number of hydrogen-bond acceptors (Lipinski definition) is 3. The molecule has 1 aromatic rings. The second-order valence-electron chi connectivity index (χ2n) is 6.72. The highest BCUT2D eigenvalue weighted by Gasteiger charge is 2.24. The number of terminal acetylenes is 1. The molecule has 1 rings (SSSR count). The molecule has 0 unspecified atom stereocenters. The number of hydroxylamine groups is 1. The van der Waals surface area contributed by atoms with Gasteiger partial charge in [-0.3, -0.25) is 5.21 Å². The molecule has 0 aliphatic carbocycles. The van der Waals surface area contributed by atoms with Crippen LogP contribution in [0.25, 0.3) is 0 Å². The molecule has 0 bridgehead atoms. The lowest BCUT2D eigenvalue weighted by atomic mass is 10.1. The van der Waals surface area contributed by atoms with Crippen LogP contribution in [0.4, 0.5) is 11.6 Å². The van der Waals surface area contributed by atoms with Crippen LogP contribution in [0, 0.1) is 12.3 Å². The van der Waals surface area contributed by atoms with Gasteiger partial charge in [-0.15, -0.1) is 6.42 Å². The van der Waals surface area contributed by atoms with E-state index in [2.05, 4.69) is 32.0 Å². The van der Waals surface area contributed by atoms with Crippen LogP contribution < -0.4 is 10.4 Å². The van der Waals surface area contributed by atoms with Gasteiger partial charge in [-0.1, -0.05) is 5.92 Å². The van der Waals surface area contributed by atoms with Crippen molar-refractivity contribution in [2.45, 2.75) is 59.2 Å². The highest BCUT2D eigenvalue weighted by Crippen LogP contribution is 2.28. The van der Waals surface area contributed by atoms with Gasteiger partial charge in [0.2, 0.25) is 0 Å². The molecule has 0 aliphatic rings. The minimum absolute atomic E-state index is 0.0655. The predicted octanol–water partition coefficient (Wildman–Crippen LogP) is 3.33. The van der Waals surface area contributed by atoms with Crippen LogP contribution in [0.3, 0.4) is 0 Å². The predicted molar refractivity (Wildman–Crippen MR) is 80.7 cm³/mol. The Morgan fingerprint density at radius 1 is 1.26 bits per heavy atom. The van der Waals surface area contributed by atoms with Crippen LogP contribution >= 0.6 is 0 Å². The van der Waals surface area contributed by atoms with E-state index in [1.165, 1.54) is 5.06 Å². The van der Waals surface area contributed by atoms with E-state index >= 15 is 0 Å². The first-order valence-electron chi connectivity index (χ1n) is 6.46. The van der Waals surface area contributed by atoms with E-state index in [4.69, 9.17) is 6.42 Å². The first-order valence-corrected chi connectivity index (χ1v) is 6.46. The third-order valence-corrected chi connectivity index (χ3v) is 2.56. The van der Waals surface area contributed by atoms with Crippen molar-refractivity contribution in [1.29, 1.82) is 0 Å². The average Bonchev–Trinajstić information content (AvgIpc) is 2.57. The van der Waals surface area contributed by atoms with Crippen LogP contribution in [0.2, 0.25) is 0 Å². The van der Waals surface area contributed by atoms with E-state index in [1.54, 1.807) is 0 Å². The molecular weight excluding hydrogens is 238 g/mol. The van der Waals surface area contributed by atoms with Crippen molar-refractivity contribution < 1.29 is 5.21 Å². The third-order valence-electron chi connectivity index (χ3n) is 2.56. The lowest BCUT2D eigenvalue weighted by Crippen LogP contribution is -2.40. The van der Waals surface area contributed by atoms with Gasteiger partial charge in [-0.05, 0) is 53.7 Å². The molecule has 0 aliphatic heterocycles. The van der Waals surface area contributed by atoms with Gasteiger partial charge in [0.25, 0.3) is 0 Å². The highest BCUT2D eigenvalue weighted by molar-refractivity contribution is 5.54. The Kier molecular flexibility index (Phi) is 4.21. The quantitative estimate of drug-likeness (QED) is 0.649. The monoisotopic (exact) mass is 263 g/mol. The molecule has 0 saturated carbocycles. The molecule has 106 valence electrons. The van der Waals surface area contributed by atoms with E-state index in [0.29, 0.717) is 12.4 Å². The summed E-state index contributed by atoms with van der Waals surface area (Å²) in [7, 11) is 0. The Hall–Kier alpha value is -1.60. The summed E-state index contributed by atoms with van der Waals surface area (Å²) >= 11 is 0. The topological polar surface area (TPSA) is 40.4 Å². The van der Waals surface area contributed by atoms with Crippen molar-refractivity contribution in [3.8, 4) is 12.3 Å². The van der Waals surface area contributed by atoms with Crippen molar-refractivity contribution in [2.75, 3.05) is 10.4 Å². The zero-order chi connectivity index (χ0) is 14.8. The maximum absolute atomic E-state index is 10.3. The van der Waals surface area contributed by atoms with E-state index in [1.807, 2.05) is 37.5 Å². The van der Waals surface area contributed by atoms with Crippen molar-refractivity contribution in [2.24, 2.45) is 0 Å².